The zero-order valence-electron chi connectivity index (χ0n) is 17.5. The molecule has 9 nitrogen and oxygen atoms in total. The summed E-state index contributed by atoms with van der Waals surface area (Å²) in [5.41, 5.74) is 9.01. The van der Waals surface area contributed by atoms with Crippen molar-refractivity contribution in [1.82, 2.24) is 35.0 Å². The van der Waals surface area contributed by atoms with Gasteiger partial charge in [0.05, 0.1) is 22.1 Å². The summed E-state index contributed by atoms with van der Waals surface area (Å²) in [6.45, 7) is 0. The number of aliphatic hydroxyl groups is 1. The molecule has 166 valence electrons. The number of nitrogens with zero attached hydrogens (tertiary/aromatic N) is 5. The Morgan fingerprint density at radius 1 is 1.16 bits per heavy atom. The van der Waals surface area contributed by atoms with Crippen LogP contribution in [0.5, 0.6) is 0 Å². The third-order valence-corrected chi connectivity index (χ3v) is 7.17. The molecule has 0 saturated heterocycles. The Balaban J connectivity index is 1.35. The highest BCUT2D eigenvalue weighted by atomic mass is 35.5. The van der Waals surface area contributed by atoms with Crippen LogP contribution in [-0.4, -0.2) is 47.1 Å². The highest BCUT2D eigenvalue weighted by Gasteiger charge is 2.33. The molecule has 2 aliphatic carbocycles. The molecule has 2 aliphatic rings. The van der Waals surface area contributed by atoms with Crippen LogP contribution in [0.4, 0.5) is 5.82 Å². The Morgan fingerprint density at radius 2 is 1.97 bits per heavy atom. The van der Waals surface area contributed by atoms with E-state index in [0.29, 0.717) is 50.9 Å². The largest absolute Gasteiger partial charge is 0.383 e. The van der Waals surface area contributed by atoms with Crippen LogP contribution in [0.2, 0.25) is 5.02 Å². The van der Waals surface area contributed by atoms with Gasteiger partial charge in [-0.05, 0) is 56.6 Å². The van der Waals surface area contributed by atoms with E-state index >= 15 is 0 Å². The van der Waals surface area contributed by atoms with Crippen molar-refractivity contribution in [3.05, 3.63) is 29.7 Å². The first kappa shape index (κ1) is 19.9. The summed E-state index contributed by atoms with van der Waals surface area (Å²) in [6, 6.07) is 4.30. The summed E-state index contributed by atoms with van der Waals surface area (Å²) < 4.78 is 1.98. The lowest BCUT2D eigenvalue weighted by Gasteiger charge is -2.31. The van der Waals surface area contributed by atoms with Crippen molar-refractivity contribution >= 4 is 39.5 Å². The number of hydrogen-bond acceptors (Lipinski definition) is 7. The fourth-order valence-corrected chi connectivity index (χ4v) is 5.14. The maximum atomic E-state index is 10.2. The summed E-state index contributed by atoms with van der Waals surface area (Å²) >= 11 is 6.70. The highest BCUT2D eigenvalue weighted by molar-refractivity contribution is 6.38. The van der Waals surface area contributed by atoms with Crippen molar-refractivity contribution in [2.45, 2.75) is 56.8 Å². The summed E-state index contributed by atoms with van der Waals surface area (Å²) in [5, 5.41) is 20.7. The molecule has 2 fully saturated rings. The lowest BCUT2D eigenvalue weighted by Crippen LogP contribution is -2.41. The number of aromatic nitrogens is 6. The van der Waals surface area contributed by atoms with Gasteiger partial charge in [-0.15, -0.1) is 0 Å². The molecule has 6 rings (SSSR count). The van der Waals surface area contributed by atoms with Crippen molar-refractivity contribution in [2.75, 3.05) is 5.73 Å². The number of rotatable bonds is 5. The normalized spacial score (nSPS) is 22.6. The molecule has 2 saturated carbocycles. The molecule has 4 aromatic heterocycles. The lowest BCUT2D eigenvalue weighted by atomic mass is 9.91. The summed E-state index contributed by atoms with van der Waals surface area (Å²) in [4.78, 5) is 16.4. The molecule has 4 heterocycles. The molecule has 0 radical (unpaired) electrons. The van der Waals surface area contributed by atoms with Crippen molar-refractivity contribution in [3.8, 4) is 11.4 Å². The van der Waals surface area contributed by atoms with Crippen molar-refractivity contribution in [2.24, 2.45) is 5.92 Å². The first-order valence-electron chi connectivity index (χ1n) is 11.2. The zero-order chi connectivity index (χ0) is 21.8. The first-order chi connectivity index (χ1) is 15.6. The fourth-order valence-electron chi connectivity index (χ4n) is 4.85. The molecule has 0 amide bonds. The number of pyridine rings is 1. The number of H-pyrrole nitrogens is 1. The highest BCUT2D eigenvalue weighted by Crippen LogP contribution is 2.40. The van der Waals surface area contributed by atoms with Crippen LogP contribution in [-0.2, 0) is 0 Å². The number of halogens is 1. The standard InChI is InChI=1S/C22H25ClN8O/c23-16-14-2-1-9-25-20(14)29-18(16)17-15-19(24)26-10-27-21(15)31(30-17)13-7-5-12(6-8-13)28-22(32)11-3-4-11/h1-2,9-13,22,28,32H,3-8H2,(H,25,29)(H2,24,26,27). The number of hydrogen-bond donors (Lipinski definition) is 4. The minimum absolute atomic E-state index is 0.193. The van der Waals surface area contributed by atoms with Gasteiger partial charge in [0.25, 0.3) is 0 Å². The number of nitrogens with one attached hydrogen (secondary N) is 2. The van der Waals surface area contributed by atoms with E-state index in [0.717, 1.165) is 43.9 Å². The first-order valence-corrected chi connectivity index (χ1v) is 11.5. The van der Waals surface area contributed by atoms with E-state index in [1.54, 1.807) is 6.20 Å². The average molecular weight is 453 g/mol. The van der Waals surface area contributed by atoms with E-state index in [9.17, 15) is 5.11 Å². The summed E-state index contributed by atoms with van der Waals surface area (Å²) in [7, 11) is 0. The number of nitrogens with two attached hydrogens (primary N) is 1. The molecule has 32 heavy (non-hydrogen) atoms. The number of aromatic amines is 1. The van der Waals surface area contributed by atoms with Gasteiger partial charge in [0.1, 0.15) is 29.7 Å². The topological polar surface area (TPSA) is 131 Å². The molecule has 1 atom stereocenters. The van der Waals surface area contributed by atoms with Crippen molar-refractivity contribution in [3.63, 3.8) is 0 Å². The number of fused-ring (bicyclic) bond motifs is 2. The maximum Gasteiger partial charge on any atom is 0.164 e. The fraction of sp³-hybridized carbons (Fsp3) is 0.455. The van der Waals surface area contributed by atoms with Crippen LogP contribution >= 0.6 is 11.6 Å². The Bertz CT molecular complexity index is 1290. The lowest BCUT2D eigenvalue weighted by molar-refractivity contribution is 0.0885. The Kier molecular flexibility index (Phi) is 4.78. The average Bonchev–Trinajstić information content (AvgIpc) is 3.52. The second-order valence-electron chi connectivity index (χ2n) is 8.92. The number of aliphatic hydroxyl groups excluding tert-OH is 1. The van der Waals surface area contributed by atoms with E-state index in [1.165, 1.54) is 6.33 Å². The van der Waals surface area contributed by atoms with Gasteiger partial charge in [0.15, 0.2) is 5.65 Å². The van der Waals surface area contributed by atoms with Crippen LogP contribution in [0.1, 0.15) is 44.6 Å². The second-order valence-corrected chi connectivity index (χ2v) is 9.30. The van der Waals surface area contributed by atoms with E-state index < -0.39 is 0 Å². The van der Waals surface area contributed by atoms with E-state index in [2.05, 4.69) is 25.3 Å². The van der Waals surface area contributed by atoms with Gasteiger partial charge in [0, 0.05) is 17.6 Å². The quantitative estimate of drug-likeness (QED) is 0.341. The molecular formula is C22H25ClN8O. The van der Waals surface area contributed by atoms with Gasteiger partial charge in [-0.1, -0.05) is 11.6 Å². The van der Waals surface area contributed by atoms with Crippen LogP contribution in [0, 0.1) is 5.92 Å². The number of anilines is 1. The Morgan fingerprint density at radius 3 is 2.72 bits per heavy atom. The molecule has 4 aromatic rings. The van der Waals surface area contributed by atoms with Gasteiger partial charge < -0.3 is 15.8 Å². The van der Waals surface area contributed by atoms with E-state index in [4.69, 9.17) is 22.4 Å². The second kappa shape index (κ2) is 7.68. The smallest absolute Gasteiger partial charge is 0.164 e. The van der Waals surface area contributed by atoms with Crippen LogP contribution in [0.3, 0.4) is 0 Å². The minimum Gasteiger partial charge on any atom is -0.383 e. The molecule has 1 unspecified atom stereocenters. The van der Waals surface area contributed by atoms with Gasteiger partial charge in [-0.25, -0.2) is 19.6 Å². The minimum atomic E-state index is -0.376. The summed E-state index contributed by atoms with van der Waals surface area (Å²) in [6.07, 6.45) is 8.91. The van der Waals surface area contributed by atoms with Crippen LogP contribution in [0.25, 0.3) is 33.5 Å². The molecule has 5 N–H and O–H groups in total. The summed E-state index contributed by atoms with van der Waals surface area (Å²) in [5.74, 6) is 0.808. The molecule has 0 bridgehead atoms. The Labute approximate surface area is 189 Å². The monoisotopic (exact) mass is 452 g/mol. The van der Waals surface area contributed by atoms with Gasteiger partial charge in [-0.2, -0.15) is 5.10 Å². The molecule has 0 spiro atoms. The van der Waals surface area contributed by atoms with Gasteiger partial charge in [0.2, 0.25) is 0 Å². The third kappa shape index (κ3) is 3.32. The Hall–Kier alpha value is -2.75. The third-order valence-electron chi connectivity index (χ3n) is 6.78. The predicted octanol–water partition coefficient (Wildman–Crippen LogP) is 3.41. The predicted molar refractivity (Wildman–Crippen MR) is 123 cm³/mol. The molecular weight excluding hydrogens is 428 g/mol. The maximum absolute atomic E-state index is 10.2. The number of nitrogen functional groups attached to an aromatic ring is 1. The SMILES string of the molecule is Nc1ncnc2c1c(-c1[nH]c3ncccc3c1Cl)nn2C1CCC(NC(O)C2CC2)CC1. The van der Waals surface area contributed by atoms with Crippen LogP contribution < -0.4 is 11.1 Å². The van der Waals surface area contributed by atoms with Crippen LogP contribution in [0.15, 0.2) is 24.7 Å². The molecule has 0 aliphatic heterocycles. The van der Waals surface area contributed by atoms with Gasteiger partial charge >= 0.3 is 0 Å². The zero-order valence-corrected chi connectivity index (χ0v) is 18.3. The van der Waals surface area contributed by atoms with Gasteiger partial charge in [-0.3, -0.25) is 5.32 Å². The molecule has 0 aromatic carbocycles. The van der Waals surface area contributed by atoms with Crippen molar-refractivity contribution in [1.29, 1.82) is 0 Å². The van der Waals surface area contributed by atoms with Crippen molar-refractivity contribution < 1.29 is 5.11 Å². The molecule has 10 heteroatoms. The van der Waals surface area contributed by atoms with E-state index in [-0.39, 0.29) is 12.3 Å². The van der Waals surface area contributed by atoms with E-state index in [1.807, 2.05) is 16.8 Å².